The van der Waals surface area contributed by atoms with Gasteiger partial charge in [0.05, 0.1) is 0 Å². The highest BCUT2D eigenvalue weighted by atomic mass is 32.2. The number of imidazole rings is 1. The fourth-order valence-corrected chi connectivity index (χ4v) is 3.90. The van der Waals surface area contributed by atoms with E-state index in [0.717, 1.165) is 35.3 Å². The lowest BCUT2D eigenvalue weighted by atomic mass is 10.2. The van der Waals surface area contributed by atoms with Crippen LogP contribution < -0.4 is 10.2 Å². The van der Waals surface area contributed by atoms with Crippen molar-refractivity contribution in [1.82, 2.24) is 19.9 Å². The van der Waals surface area contributed by atoms with Crippen molar-refractivity contribution in [3.63, 3.8) is 0 Å². The number of amides is 1. The molecule has 6 nitrogen and oxygen atoms in total. The number of thioether (sulfide) groups is 1. The fraction of sp³-hybridized carbons (Fsp3) is 0.286. The van der Waals surface area contributed by atoms with Gasteiger partial charge in [0.25, 0.3) is 5.91 Å². The second-order valence-electron chi connectivity index (χ2n) is 6.74. The number of hydrogen-bond donors (Lipinski definition) is 1. The molecule has 0 atom stereocenters. The number of pyridine rings is 1. The molecule has 1 aliphatic heterocycles. The summed E-state index contributed by atoms with van der Waals surface area (Å²) in [5.74, 6) is 0.918. The van der Waals surface area contributed by atoms with Gasteiger partial charge in [0.15, 0.2) is 5.16 Å². The van der Waals surface area contributed by atoms with Crippen molar-refractivity contribution in [2.75, 3.05) is 24.2 Å². The number of rotatable bonds is 6. The topological polar surface area (TPSA) is 63.1 Å². The van der Waals surface area contributed by atoms with Crippen LogP contribution in [0, 0.1) is 0 Å². The highest BCUT2D eigenvalue weighted by molar-refractivity contribution is 7.98. The number of aromatic nitrogens is 3. The van der Waals surface area contributed by atoms with Crippen LogP contribution in [0.2, 0.25) is 0 Å². The van der Waals surface area contributed by atoms with Crippen molar-refractivity contribution in [3.05, 3.63) is 66.1 Å². The lowest BCUT2D eigenvalue weighted by Gasteiger charge is -2.16. The van der Waals surface area contributed by atoms with Crippen molar-refractivity contribution in [3.8, 4) is 5.69 Å². The summed E-state index contributed by atoms with van der Waals surface area (Å²) in [6, 6.07) is 11.6. The van der Waals surface area contributed by atoms with Gasteiger partial charge in [0.2, 0.25) is 0 Å². The minimum atomic E-state index is -0.101. The molecule has 1 aromatic carbocycles. The molecule has 28 heavy (non-hydrogen) atoms. The summed E-state index contributed by atoms with van der Waals surface area (Å²) in [7, 11) is 0. The standard InChI is InChI=1S/C21H23N5OS/c1-28-21-22-9-12-26(21)18-6-4-5-17(13-18)20(27)24-15-16-7-8-19(23-14-16)25-10-2-3-11-25/h4-9,12-14H,2-3,10-11,15H2,1H3,(H,24,27). The first-order valence-corrected chi connectivity index (χ1v) is 10.6. The van der Waals surface area contributed by atoms with E-state index in [-0.39, 0.29) is 5.91 Å². The molecule has 2 aromatic heterocycles. The maximum atomic E-state index is 12.6. The molecule has 7 heteroatoms. The number of nitrogens with zero attached hydrogens (tertiary/aromatic N) is 4. The molecule has 144 valence electrons. The van der Waals surface area contributed by atoms with Crippen LogP contribution in [0.3, 0.4) is 0 Å². The molecule has 0 unspecified atom stereocenters. The van der Waals surface area contributed by atoms with E-state index in [0.29, 0.717) is 12.1 Å². The Balaban J connectivity index is 1.40. The van der Waals surface area contributed by atoms with Gasteiger partial charge in [-0.15, -0.1) is 0 Å². The lowest BCUT2D eigenvalue weighted by Crippen LogP contribution is -2.23. The molecule has 3 heterocycles. The number of hydrogen-bond acceptors (Lipinski definition) is 5. The predicted octanol–water partition coefficient (Wildman–Crippen LogP) is 3.52. The molecular formula is C21H23N5OS. The maximum Gasteiger partial charge on any atom is 0.251 e. The van der Waals surface area contributed by atoms with Crippen molar-refractivity contribution in [2.24, 2.45) is 0 Å². The number of nitrogens with one attached hydrogen (secondary N) is 1. The maximum absolute atomic E-state index is 12.6. The molecule has 0 radical (unpaired) electrons. The number of anilines is 1. The van der Waals surface area contributed by atoms with Crippen LogP contribution in [0.5, 0.6) is 0 Å². The van der Waals surface area contributed by atoms with Gasteiger partial charge in [-0.1, -0.05) is 23.9 Å². The molecule has 1 N–H and O–H groups in total. The minimum Gasteiger partial charge on any atom is -0.357 e. The Bertz CT molecular complexity index is 947. The van der Waals surface area contributed by atoms with Crippen molar-refractivity contribution in [1.29, 1.82) is 0 Å². The van der Waals surface area contributed by atoms with Gasteiger partial charge in [-0.3, -0.25) is 9.36 Å². The largest absolute Gasteiger partial charge is 0.357 e. The minimum absolute atomic E-state index is 0.101. The highest BCUT2D eigenvalue weighted by Crippen LogP contribution is 2.19. The third kappa shape index (κ3) is 4.04. The fourth-order valence-electron chi connectivity index (χ4n) is 3.37. The number of carbonyl (C=O) groups excluding carboxylic acids is 1. The SMILES string of the molecule is CSc1nccn1-c1cccc(C(=O)NCc2ccc(N3CCCC3)nc2)c1. The molecule has 0 spiro atoms. The normalized spacial score (nSPS) is 13.7. The summed E-state index contributed by atoms with van der Waals surface area (Å²) in [6.45, 7) is 2.61. The average Bonchev–Trinajstić information content (AvgIpc) is 3.44. The number of benzene rings is 1. The van der Waals surface area contributed by atoms with Crippen LogP contribution in [0.15, 0.2) is 60.1 Å². The van der Waals surface area contributed by atoms with Crippen molar-refractivity contribution >= 4 is 23.5 Å². The van der Waals surface area contributed by atoms with Gasteiger partial charge < -0.3 is 10.2 Å². The summed E-state index contributed by atoms with van der Waals surface area (Å²) in [4.78, 5) is 23.8. The van der Waals surface area contributed by atoms with E-state index < -0.39 is 0 Å². The molecule has 1 aliphatic rings. The predicted molar refractivity (Wildman–Crippen MR) is 112 cm³/mol. The van der Waals surface area contributed by atoms with E-state index in [1.165, 1.54) is 12.8 Å². The van der Waals surface area contributed by atoms with E-state index >= 15 is 0 Å². The molecule has 0 aliphatic carbocycles. The Morgan fingerprint density at radius 1 is 1.18 bits per heavy atom. The van der Waals surface area contributed by atoms with E-state index in [4.69, 9.17) is 0 Å². The third-order valence-corrected chi connectivity index (χ3v) is 5.54. The first-order chi connectivity index (χ1) is 13.7. The Morgan fingerprint density at radius 2 is 2.04 bits per heavy atom. The van der Waals surface area contributed by atoms with Gasteiger partial charge in [-0.25, -0.2) is 9.97 Å². The molecule has 0 bridgehead atoms. The van der Waals surface area contributed by atoms with E-state index in [2.05, 4.69) is 20.2 Å². The first kappa shape index (κ1) is 18.6. The van der Waals surface area contributed by atoms with Crippen molar-refractivity contribution in [2.45, 2.75) is 24.5 Å². The highest BCUT2D eigenvalue weighted by Gasteiger charge is 2.13. The zero-order chi connectivity index (χ0) is 19.3. The monoisotopic (exact) mass is 393 g/mol. The van der Waals surface area contributed by atoms with Crippen LogP contribution in [-0.4, -0.2) is 39.8 Å². The van der Waals surface area contributed by atoms with Gasteiger partial charge >= 0.3 is 0 Å². The van der Waals surface area contributed by atoms with Crippen LogP contribution in [0.1, 0.15) is 28.8 Å². The molecule has 0 saturated carbocycles. The second kappa shape index (κ2) is 8.48. The summed E-state index contributed by atoms with van der Waals surface area (Å²) in [5.41, 5.74) is 2.54. The van der Waals surface area contributed by atoms with Gasteiger partial charge in [-0.05, 0) is 48.9 Å². The van der Waals surface area contributed by atoms with E-state index in [1.54, 1.807) is 18.0 Å². The van der Waals surface area contributed by atoms with Gasteiger partial charge in [-0.2, -0.15) is 0 Å². The molecule has 1 saturated heterocycles. The van der Waals surface area contributed by atoms with Crippen LogP contribution in [0.4, 0.5) is 5.82 Å². The smallest absolute Gasteiger partial charge is 0.251 e. The Morgan fingerprint density at radius 3 is 2.79 bits per heavy atom. The van der Waals surface area contributed by atoms with Gasteiger partial charge in [0.1, 0.15) is 5.82 Å². The molecule has 4 rings (SSSR count). The summed E-state index contributed by atoms with van der Waals surface area (Å²) in [5, 5.41) is 3.87. The quantitative estimate of drug-likeness (QED) is 0.649. The van der Waals surface area contributed by atoms with Crippen LogP contribution in [-0.2, 0) is 6.54 Å². The summed E-state index contributed by atoms with van der Waals surface area (Å²) in [6.07, 6.45) is 9.96. The van der Waals surface area contributed by atoms with E-state index in [1.807, 2.05) is 59.6 Å². The third-order valence-electron chi connectivity index (χ3n) is 4.87. The first-order valence-electron chi connectivity index (χ1n) is 9.40. The molecule has 3 aromatic rings. The Hall–Kier alpha value is -2.80. The molecular weight excluding hydrogens is 370 g/mol. The average molecular weight is 394 g/mol. The zero-order valence-electron chi connectivity index (χ0n) is 15.8. The second-order valence-corrected chi connectivity index (χ2v) is 7.51. The van der Waals surface area contributed by atoms with E-state index in [9.17, 15) is 4.79 Å². The number of carbonyl (C=O) groups is 1. The zero-order valence-corrected chi connectivity index (χ0v) is 16.7. The van der Waals surface area contributed by atoms with Crippen LogP contribution >= 0.6 is 11.8 Å². The summed E-state index contributed by atoms with van der Waals surface area (Å²) >= 11 is 1.57. The lowest BCUT2D eigenvalue weighted by molar-refractivity contribution is 0.0951. The summed E-state index contributed by atoms with van der Waals surface area (Å²) < 4.78 is 1.97. The Kier molecular flexibility index (Phi) is 5.62. The molecule has 1 amide bonds. The van der Waals surface area contributed by atoms with Gasteiger partial charge in [0, 0.05) is 49.5 Å². The molecule has 1 fully saturated rings. The Labute approximate surface area is 169 Å². The van der Waals surface area contributed by atoms with Crippen LogP contribution in [0.25, 0.3) is 5.69 Å². The van der Waals surface area contributed by atoms with Crippen molar-refractivity contribution < 1.29 is 4.79 Å².